The first kappa shape index (κ1) is 43.0. The molecule has 6 atom stereocenters. The monoisotopic (exact) mass is 852 g/mol. The molecule has 8 N–H and O–H groups in total. The van der Waals surface area contributed by atoms with E-state index in [0.717, 1.165) is 26.4 Å². The average molecular weight is 854 g/mol. The van der Waals surface area contributed by atoms with Gasteiger partial charge >= 0.3 is 11.9 Å². The molecule has 4 aromatic carbocycles. The number of phenolic OH excluding ortho intramolecular Hbond substituents is 4. The van der Waals surface area contributed by atoms with E-state index in [0.29, 0.717) is 12.2 Å². The van der Waals surface area contributed by atoms with Gasteiger partial charge in [0.15, 0.2) is 11.6 Å². The van der Waals surface area contributed by atoms with Gasteiger partial charge in [0.05, 0.1) is 71.3 Å². The number of Topliss-reactive ketones (excluding diaryl/α,β-unsaturated/α-hetero) is 2. The Morgan fingerprint density at radius 3 is 1.47 bits per heavy atom. The summed E-state index contributed by atoms with van der Waals surface area (Å²) in [7, 11) is 2.05. The number of halogens is 2. The minimum atomic E-state index is -2.32. The number of hydrogen-bond acceptors (Lipinski definition) is 14. The zero-order valence-corrected chi connectivity index (χ0v) is 34.4. The highest BCUT2D eigenvalue weighted by molar-refractivity contribution is 6.41. The van der Waals surface area contributed by atoms with Crippen LogP contribution in [0.5, 0.6) is 23.0 Å². The average Bonchev–Trinajstić information content (AvgIpc) is 3.18. The fraction of sp³-hybridized carbons (Fsp3) is 0.349. The van der Waals surface area contributed by atoms with Gasteiger partial charge in [-0.2, -0.15) is 0 Å². The van der Waals surface area contributed by atoms with Crippen LogP contribution < -0.4 is 0 Å². The number of aromatic hydroxyl groups is 4. The molecule has 6 unspecified atom stereocenters. The normalized spacial score (nSPS) is 24.7. The van der Waals surface area contributed by atoms with Crippen LogP contribution in [0.3, 0.4) is 0 Å². The Bertz CT molecular complexity index is 2590. The number of fused-ring (bicyclic) bond motifs is 4. The van der Waals surface area contributed by atoms with E-state index in [-0.39, 0.29) is 38.4 Å². The van der Waals surface area contributed by atoms with Gasteiger partial charge in [0.25, 0.3) is 0 Å². The molecule has 0 aliphatic heterocycles. The van der Waals surface area contributed by atoms with Crippen molar-refractivity contribution in [1.82, 2.24) is 0 Å². The van der Waals surface area contributed by atoms with Crippen molar-refractivity contribution in [3.63, 3.8) is 0 Å². The number of phenols is 4. The van der Waals surface area contributed by atoms with Gasteiger partial charge in [-0.3, -0.25) is 9.59 Å². The first-order chi connectivity index (χ1) is 27.6. The van der Waals surface area contributed by atoms with E-state index < -0.39 is 132 Å². The fourth-order valence-electron chi connectivity index (χ4n) is 9.23. The van der Waals surface area contributed by atoms with Crippen LogP contribution >= 0.6 is 23.2 Å². The molecule has 0 heterocycles. The lowest BCUT2D eigenvalue weighted by molar-refractivity contribution is -0.136. The maximum absolute atomic E-state index is 14.8. The SMILES string of the molecule is CCC1(O)C(C)C(=O)c2c(c(-c3c4c(c(O)c5c(O)ccc(Cl)c35)C(=O)C(C)C(O)(C(C)C)C4/C(O)=C/C(=O)OC)c3c(Cl)ccc(O)c3c2O)C1/C(O)=C/C(=O)OC. The number of rotatable bonds is 7. The largest absolute Gasteiger partial charge is 0.511 e. The number of aliphatic hydroxyl groups is 4. The van der Waals surface area contributed by atoms with Crippen molar-refractivity contribution in [1.29, 1.82) is 0 Å². The third kappa shape index (κ3) is 5.98. The minimum absolute atomic E-state index is 0.251. The summed E-state index contributed by atoms with van der Waals surface area (Å²) in [5.41, 5.74) is -7.39. The maximum atomic E-state index is 14.8. The zero-order valence-electron chi connectivity index (χ0n) is 32.8. The van der Waals surface area contributed by atoms with Crippen LogP contribution in [0.4, 0.5) is 0 Å². The molecule has 0 spiro atoms. The standard InChI is InChI=1S/C43H42Cl2O14/c1-8-42(56)16(4)38(52)34-32(36(42)22(48)13-24(50)58-6)30(26-18(44)9-11-20(46)28(26)40(34)54)31-27-19(45)10-12-21(47)29(27)41(55)35-33(31)37(23(49)14-25(51)59-7)43(57,15(2)3)17(5)39(35)53/h9-17,36-37,46-49,54-57H,8H2,1-7H3/b22-13-,23-14-. The van der Waals surface area contributed by atoms with Crippen molar-refractivity contribution in [2.45, 2.75) is 64.1 Å². The molecule has 0 bridgehead atoms. The quantitative estimate of drug-likeness (QED) is 0.0514. The van der Waals surface area contributed by atoms with Crippen molar-refractivity contribution < 1.29 is 69.5 Å². The van der Waals surface area contributed by atoms with Crippen molar-refractivity contribution in [2.24, 2.45) is 17.8 Å². The Hall–Kier alpha value is -5.54. The van der Waals surface area contributed by atoms with Gasteiger partial charge < -0.3 is 50.3 Å². The molecule has 2 aliphatic rings. The van der Waals surface area contributed by atoms with Crippen molar-refractivity contribution in [3.8, 4) is 34.1 Å². The third-order valence-corrected chi connectivity index (χ3v) is 12.9. The van der Waals surface area contributed by atoms with Crippen LogP contribution in [0.1, 0.15) is 84.7 Å². The van der Waals surface area contributed by atoms with E-state index in [1.165, 1.54) is 46.8 Å². The summed E-state index contributed by atoms with van der Waals surface area (Å²) in [6.07, 6.45) is 1.02. The van der Waals surface area contributed by atoms with Crippen LogP contribution in [0.25, 0.3) is 32.7 Å². The topological polar surface area (TPSA) is 249 Å². The number of aliphatic hydroxyl groups excluding tert-OH is 2. The lowest BCUT2D eigenvalue weighted by Crippen LogP contribution is -2.54. The molecule has 2 aliphatic carbocycles. The molecule has 312 valence electrons. The fourth-order valence-corrected chi connectivity index (χ4v) is 9.73. The van der Waals surface area contributed by atoms with Crippen molar-refractivity contribution in [2.75, 3.05) is 14.2 Å². The van der Waals surface area contributed by atoms with Gasteiger partial charge in [-0.15, -0.1) is 0 Å². The molecule has 16 heteroatoms. The molecule has 0 amide bonds. The number of esters is 2. The smallest absolute Gasteiger partial charge is 0.333 e. The van der Waals surface area contributed by atoms with Crippen LogP contribution in [-0.2, 0) is 19.1 Å². The first-order valence-corrected chi connectivity index (χ1v) is 19.2. The van der Waals surface area contributed by atoms with Gasteiger partial charge in [0, 0.05) is 32.7 Å². The number of hydrogen-bond donors (Lipinski definition) is 8. The maximum Gasteiger partial charge on any atom is 0.333 e. The van der Waals surface area contributed by atoms with Crippen LogP contribution in [0.2, 0.25) is 10.0 Å². The van der Waals surface area contributed by atoms with E-state index in [2.05, 4.69) is 0 Å². The van der Waals surface area contributed by atoms with E-state index in [1.807, 2.05) is 0 Å². The molecule has 59 heavy (non-hydrogen) atoms. The van der Waals surface area contributed by atoms with E-state index in [9.17, 15) is 60.0 Å². The van der Waals surface area contributed by atoms with Gasteiger partial charge in [0.1, 0.15) is 34.5 Å². The number of ketones is 2. The molecule has 0 saturated carbocycles. The number of ether oxygens (including phenoxy) is 2. The minimum Gasteiger partial charge on any atom is -0.511 e. The predicted octanol–water partition coefficient (Wildman–Crippen LogP) is 7.38. The van der Waals surface area contributed by atoms with Crippen LogP contribution in [0, 0.1) is 17.8 Å². The van der Waals surface area contributed by atoms with Gasteiger partial charge in [-0.25, -0.2) is 9.59 Å². The zero-order chi connectivity index (χ0) is 44.0. The summed E-state index contributed by atoms with van der Waals surface area (Å²) in [6.45, 7) is 7.23. The van der Waals surface area contributed by atoms with Crippen LogP contribution in [-0.4, -0.2) is 89.8 Å². The van der Waals surface area contributed by atoms with Gasteiger partial charge in [0.2, 0.25) is 0 Å². The molecular weight excluding hydrogens is 811 g/mol. The second-order valence-electron chi connectivity index (χ2n) is 15.3. The molecule has 0 radical (unpaired) electrons. The Kier molecular flexibility index (Phi) is 10.9. The van der Waals surface area contributed by atoms with E-state index in [1.54, 1.807) is 0 Å². The summed E-state index contributed by atoms with van der Waals surface area (Å²) in [5.74, 6) is -16.3. The highest BCUT2D eigenvalue weighted by Gasteiger charge is 2.58. The number of carbonyl (C=O) groups is 4. The highest BCUT2D eigenvalue weighted by atomic mass is 35.5. The Balaban J connectivity index is 2.10. The summed E-state index contributed by atoms with van der Waals surface area (Å²) >= 11 is 14.0. The number of benzene rings is 4. The van der Waals surface area contributed by atoms with E-state index >= 15 is 0 Å². The molecule has 14 nitrogen and oxygen atoms in total. The summed E-state index contributed by atoms with van der Waals surface area (Å²) < 4.78 is 9.57. The molecule has 0 aromatic heterocycles. The Morgan fingerprint density at radius 2 is 1.08 bits per heavy atom. The van der Waals surface area contributed by atoms with Crippen molar-refractivity contribution >= 4 is 68.3 Å². The number of carbonyl (C=O) groups excluding carboxylic acids is 4. The third-order valence-electron chi connectivity index (χ3n) is 12.3. The molecule has 0 fully saturated rings. The van der Waals surface area contributed by atoms with Crippen molar-refractivity contribution in [3.05, 3.63) is 80.2 Å². The number of methoxy groups -OCH3 is 2. The molecule has 0 saturated heterocycles. The summed E-state index contributed by atoms with van der Waals surface area (Å²) in [6, 6.07) is 4.66. The van der Waals surface area contributed by atoms with Gasteiger partial charge in [-0.05, 0) is 58.9 Å². The molecule has 6 rings (SSSR count). The van der Waals surface area contributed by atoms with E-state index in [4.69, 9.17) is 32.7 Å². The van der Waals surface area contributed by atoms with Crippen LogP contribution in [0.15, 0.2) is 47.9 Å². The second-order valence-corrected chi connectivity index (χ2v) is 16.1. The highest BCUT2D eigenvalue weighted by Crippen LogP contribution is 2.63. The summed E-state index contributed by atoms with van der Waals surface area (Å²) in [4.78, 5) is 55.1. The second kappa shape index (κ2) is 14.9. The molecule has 4 aromatic rings. The Labute approximate surface area is 347 Å². The molecular formula is C43H42Cl2O14. The first-order valence-electron chi connectivity index (χ1n) is 18.5. The Morgan fingerprint density at radius 1 is 0.695 bits per heavy atom. The lowest BCUT2D eigenvalue weighted by atomic mass is 9.57. The lowest BCUT2D eigenvalue weighted by Gasteiger charge is -2.49. The predicted molar refractivity (Wildman–Crippen MR) is 217 cm³/mol. The van der Waals surface area contributed by atoms with Gasteiger partial charge in [-0.1, -0.05) is 57.8 Å². The summed E-state index contributed by atoms with van der Waals surface area (Å²) in [5, 5.41) is 94.6.